The van der Waals surface area contributed by atoms with Crippen LogP contribution in [0.15, 0.2) is 176 Å². The minimum atomic E-state index is -3.28. The minimum Gasteiger partial charge on any atom is -0.309 e. The highest BCUT2D eigenvalue weighted by Crippen LogP contribution is 2.56. The first-order chi connectivity index (χ1) is 24.2. The molecule has 0 fully saturated rings. The van der Waals surface area contributed by atoms with Crippen molar-refractivity contribution in [3.8, 4) is 39.3 Å². The lowest BCUT2D eigenvalue weighted by molar-refractivity contribution is 0.593. The van der Waals surface area contributed by atoms with Crippen LogP contribution in [0.1, 0.15) is 0 Å². The number of pyridine rings is 1. The molecule has 3 heterocycles. The average Bonchev–Trinajstić information content (AvgIpc) is 3.66. The molecule has 0 bridgehead atoms. The highest BCUT2D eigenvalue weighted by molar-refractivity contribution is 7.87. The standard InChI is InChI=1S/C45H29N2OP/c48-49(34-19-8-3-9-20-34)41-27-24-31-16-10-11-21-35(31)43(41)37-25-26-40-44(45(37)49)36-22-12-13-23-39(36)47(40)42-29-33(30-14-4-1-5-15-30)28-38(46-42)32-17-6-2-7-18-32/h1-29H. The van der Waals surface area contributed by atoms with Crippen LogP contribution in [-0.2, 0) is 4.57 Å². The highest BCUT2D eigenvalue weighted by atomic mass is 31.2. The van der Waals surface area contributed by atoms with Crippen LogP contribution in [0.5, 0.6) is 0 Å². The zero-order valence-electron chi connectivity index (χ0n) is 26.5. The summed E-state index contributed by atoms with van der Waals surface area (Å²) in [7, 11) is -3.28. The van der Waals surface area contributed by atoms with Crippen LogP contribution in [0, 0.1) is 0 Å². The fourth-order valence-electron chi connectivity index (χ4n) is 7.83. The minimum absolute atomic E-state index is 0.821. The second-order valence-corrected chi connectivity index (χ2v) is 15.3. The summed E-state index contributed by atoms with van der Waals surface area (Å²) in [6, 6.07) is 60.8. The van der Waals surface area contributed by atoms with Gasteiger partial charge in [-0.05, 0) is 57.8 Å². The van der Waals surface area contributed by atoms with Gasteiger partial charge in [-0.3, -0.25) is 4.57 Å². The van der Waals surface area contributed by atoms with E-state index in [1.807, 2.05) is 42.5 Å². The van der Waals surface area contributed by atoms with Crippen molar-refractivity contribution in [1.82, 2.24) is 9.55 Å². The lowest BCUT2D eigenvalue weighted by atomic mass is 9.97. The summed E-state index contributed by atoms with van der Waals surface area (Å²) in [5.74, 6) is 0.821. The molecule has 49 heavy (non-hydrogen) atoms. The Morgan fingerprint density at radius 1 is 0.510 bits per heavy atom. The zero-order chi connectivity index (χ0) is 32.5. The molecule has 1 aliphatic rings. The highest BCUT2D eigenvalue weighted by Gasteiger charge is 2.43. The quantitative estimate of drug-likeness (QED) is 0.179. The van der Waals surface area contributed by atoms with Crippen molar-refractivity contribution < 1.29 is 4.57 Å². The fraction of sp³-hybridized carbons (Fsp3) is 0. The van der Waals surface area contributed by atoms with E-state index in [9.17, 15) is 0 Å². The van der Waals surface area contributed by atoms with E-state index in [0.29, 0.717) is 0 Å². The zero-order valence-corrected chi connectivity index (χ0v) is 27.4. The van der Waals surface area contributed by atoms with Crippen LogP contribution in [0.4, 0.5) is 0 Å². The Hall–Kier alpha value is -6.02. The van der Waals surface area contributed by atoms with Crippen LogP contribution < -0.4 is 15.9 Å². The van der Waals surface area contributed by atoms with Gasteiger partial charge in [-0.25, -0.2) is 4.98 Å². The summed E-state index contributed by atoms with van der Waals surface area (Å²) < 4.78 is 18.4. The van der Waals surface area contributed by atoms with Gasteiger partial charge in [-0.1, -0.05) is 146 Å². The predicted octanol–water partition coefficient (Wildman–Crippen LogP) is 10.3. The number of fused-ring (bicyclic) bond motifs is 9. The Balaban J connectivity index is 1.34. The van der Waals surface area contributed by atoms with Gasteiger partial charge < -0.3 is 4.57 Å². The normalized spacial score (nSPS) is 15.1. The van der Waals surface area contributed by atoms with Crippen molar-refractivity contribution in [2.45, 2.75) is 0 Å². The Morgan fingerprint density at radius 3 is 1.94 bits per heavy atom. The molecule has 0 N–H and O–H groups in total. The fourth-order valence-corrected chi connectivity index (χ4v) is 11.1. The lowest BCUT2D eigenvalue weighted by Crippen LogP contribution is -2.21. The third-order valence-electron chi connectivity index (χ3n) is 9.98. The van der Waals surface area contributed by atoms with Gasteiger partial charge in [0, 0.05) is 37.8 Å². The first-order valence-electron chi connectivity index (χ1n) is 16.6. The van der Waals surface area contributed by atoms with E-state index in [1.54, 1.807) is 0 Å². The molecule has 0 radical (unpaired) electrons. The maximum absolute atomic E-state index is 16.2. The first-order valence-corrected chi connectivity index (χ1v) is 18.3. The molecule has 3 nitrogen and oxygen atoms in total. The molecule has 10 rings (SSSR count). The van der Waals surface area contributed by atoms with Crippen molar-refractivity contribution >= 4 is 55.6 Å². The largest absolute Gasteiger partial charge is 0.309 e. The number of rotatable bonds is 4. The number of para-hydroxylation sites is 1. The average molecular weight is 645 g/mol. The number of benzene rings is 7. The maximum Gasteiger partial charge on any atom is 0.172 e. The summed E-state index contributed by atoms with van der Waals surface area (Å²) in [5.41, 5.74) is 8.32. The van der Waals surface area contributed by atoms with Gasteiger partial charge in [0.1, 0.15) is 5.82 Å². The number of hydrogen-bond donors (Lipinski definition) is 0. The molecular weight excluding hydrogens is 615 g/mol. The molecule has 1 aliphatic heterocycles. The first kappa shape index (κ1) is 28.0. The van der Waals surface area contributed by atoms with E-state index in [4.69, 9.17) is 4.98 Å². The summed E-state index contributed by atoms with van der Waals surface area (Å²) in [5, 5.41) is 7.04. The van der Waals surface area contributed by atoms with E-state index >= 15 is 4.57 Å². The number of nitrogens with zero attached hydrogens (tertiary/aromatic N) is 2. The molecule has 0 saturated carbocycles. The van der Waals surface area contributed by atoms with Crippen molar-refractivity contribution in [3.63, 3.8) is 0 Å². The van der Waals surface area contributed by atoms with Gasteiger partial charge in [0.05, 0.1) is 16.7 Å². The SMILES string of the molecule is O=P1(c2ccccc2)c2ccc3ccccc3c2-c2ccc3c(c21)c1ccccc1n3-c1cc(-c2ccccc2)cc(-c2ccccc2)n1. The summed E-state index contributed by atoms with van der Waals surface area (Å²) in [4.78, 5) is 5.33. The number of aromatic nitrogens is 2. The second-order valence-electron chi connectivity index (χ2n) is 12.7. The smallest absolute Gasteiger partial charge is 0.172 e. The van der Waals surface area contributed by atoms with E-state index < -0.39 is 7.14 Å². The number of hydrogen-bond acceptors (Lipinski definition) is 2. The van der Waals surface area contributed by atoms with Crippen LogP contribution in [-0.4, -0.2) is 9.55 Å². The van der Waals surface area contributed by atoms with Crippen molar-refractivity contribution in [1.29, 1.82) is 0 Å². The summed E-state index contributed by atoms with van der Waals surface area (Å²) in [6.45, 7) is 0. The summed E-state index contributed by atoms with van der Waals surface area (Å²) in [6.07, 6.45) is 0. The molecule has 1 atom stereocenters. The van der Waals surface area contributed by atoms with E-state index in [1.165, 1.54) is 0 Å². The molecule has 0 amide bonds. The lowest BCUT2D eigenvalue weighted by Gasteiger charge is -2.17. The van der Waals surface area contributed by atoms with Gasteiger partial charge in [0.15, 0.2) is 7.14 Å². The monoisotopic (exact) mass is 644 g/mol. The molecule has 7 aromatic carbocycles. The van der Waals surface area contributed by atoms with E-state index in [0.717, 1.165) is 87.8 Å². The Bertz CT molecular complexity index is 2730. The summed E-state index contributed by atoms with van der Waals surface area (Å²) >= 11 is 0. The van der Waals surface area contributed by atoms with Gasteiger partial charge >= 0.3 is 0 Å². The Morgan fingerprint density at radius 2 is 1.16 bits per heavy atom. The molecule has 0 aliphatic carbocycles. The van der Waals surface area contributed by atoms with Crippen LogP contribution in [0.25, 0.3) is 71.9 Å². The predicted molar refractivity (Wildman–Crippen MR) is 205 cm³/mol. The van der Waals surface area contributed by atoms with E-state index in [-0.39, 0.29) is 0 Å². The van der Waals surface area contributed by atoms with Gasteiger partial charge in [-0.2, -0.15) is 0 Å². The van der Waals surface area contributed by atoms with Gasteiger partial charge in [0.2, 0.25) is 0 Å². The molecule has 1 unspecified atom stereocenters. The van der Waals surface area contributed by atoms with Crippen LogP contribution in [0.3, 0.4) is 0 Å². The molecule has 230 valence electrons. The van der Waals surface area contributed by atoms with Crippen molar-refractivity contribution in [3.05, 3.63) is 176 Å². The topological polar surface area (TPSA) is 34.9 Å². The second kappa shape index (κ2) is 10.8. The third-order valence-corrected chi connectivity index (χ3v) is 13.1. The molecule has 2 aromatic heterocycles. The van der Waals surface area contributed by atoms with Gasteiger partial charge in [0.25, 0.3) is 0 Å². The van der Waals surface area contributed by atoms with Crippen LogP contribution in [0.2, 0.25) is 0 Å². The molecule has 0 spiro atoms. The Kier molecular flexibility index (Phi) is 6.15. The molecule has 4 heteroatoms. The Labute approximate surface area is 284 Å². The third kappa shape index (κ3) is 4.10. The van der Waals surface area contributed by atoms with E-state index in [2.05, 4.69) is 138 Å². The van der Waals surface area contributed by atoms with Crippen molar-refractivity contribution in [2.75, 3.05) is 0 Å². The van der Waals surface area contributed by atoms with Crippen molar-refractivity contribution in [2.24, 2.45) is 0 Å². The maximum atomic E-state index is 16.2. The molecule has 9 aromatic rings. The van der Waals surface area contributed by atoms with Gasteiger partial charge in [-0.15, -0.1) is 0 Å². The van der Waals surface area contributed by atoms with Crippen LogP contribution >= 0.6 is 7.14 Å². The molecule has 0 saturated heterocycles. The molecular formula is C45H29N2OP.